The van der Waals surface area contributed by atoms with Crippen molar-refractivity contribution in [3.05, 3.63) is 17.7 Å². The SMILES string of the molecule is CNS(=O)(=O)c1cc(C)cc(N)c1OC. The molecular weight excluding hydrogens is 216 g/mol. The number of sulfonamides is 1. The van der Waals surface area contributed by atoms with Gasteiger partial charge in [0.2, 0.25) is 10.0 Å². The van der Waals surface area contributed by atoms with E-state index in [1.54, 1.807) is 13.0 Å². The Labute approximate surface area is 89.3 Å². The van der Waals surface area contributed by atoms with Crippen molar-refractivity contribution in [1.29, 1.82) is 0 Å². The van der Waals surface area contributed by atoms with Crippen LogP contribution in [0.4, 0.5) is 5.69 Å². The molecule has 0 aliphatic carbocycles. The Morgan fingerprint density at radius 2 is 2.00 bits per heavy atom. The molecule has 0 spiro atoms. The predicted molar refractivity (Wildman–Crippen MR) is 58.4 cm³/mol. The van der Waals surface area contributed by atoms with E-state index in [-0.39, 0.29) is 10.6 Å². The van der Waals surface area contributed by atoms with Crippen molar-refractivity contribution in [2.24, 2.45) is 0 Å². The van der Waals surface area contributed by atoms with Crippen molar-refractivity contribution in [3.8, 4) is 5.75 Å². The molecule has 0 aromatic heterocycles. The van der Waals surface area contributed by atoms with E-state index >= 15 is 0 Å². The van der Waals surface area contributed by atoms with Crippen molar-refractivity contribution in [1.82, 2.24) is 4.72 Å². The van der Waals surface area contributed by atoms with Crippen LogP contribution in [0.1, 0.15) is 5.56 Å². The number of methoxy groups -OCH3 is 1. The summed E-state index contributed by atoms with van der Waals surface area (Å²) < 4.78 is 30.5. The highest BCUT2D eigenvalue weighted by molar-refractivity contribution is 7.89. The van der Waals surface area contributed by atoms with E-state index < -0.39 is 10.0 Å². The fourth-order valence-electron chi connectivity index (χ4n) is 1.30. The van der Waals surface area contributed by atoms with Gasteiger partial charge in [0.15, 0.2) is 5.75 Å². The van der Waals surface area contributed by atoms with E-state index in [0.29, 0.717) is 5.69 Å². The van der Waals surface area contributed by atoms with Gasteiger partial charge in [-0.05, 0) is 31.7 Å². The quantitative estimate of drug-likeness (QED) is 0.741. The molecule has 1 aromatic carbocycles. The molecule has 5 nitrogen and oxygen atoms in total. The van der Waals surface area contributed by atoms with Crippen LogP contribution < -0.4 is 15.2 Å². The van der Waals surface area contributed by atoms with Gasteiger partial charge in [-0.1, -0.05) is 0 Å². The smallest absolute Gasteiger partial charge is 0.244 e. The van der Waals surface area contributed by atoms with Crippen LogP contribution in [-0.4, -0.2) is 22.6 Å². The molecule has 0 bridgehead atoms. The highest BCUT2D eigenvalue weighted by atomic mass is 32.2. The third kappa shape index (κ3) is 2.21. The highest BCUT2D eigenvalue weighted by Gasteiger charge is 2.19. The Bertz CT molecular complexity index is 468. The van der Waals surface area contributed by atoms with Crippen LogP contribution in [0.15, 0.2) is 17.0 Å². The first-order valence-corrected chi connectivity index (χ1v) is 5.78. The summed E-state index contributed by atoms with van der Waals surface area (Å²) in [4.78, 5) is 0.0602. The topological polar surface area (TPSA) is 81.4 Å². The molecule has 0 saturated heterocycles. The van der Waals surface area contributed by atoms with Gasteiger partial charge in [-0.25, -0.2) is 13.1 Å². The first-order valence-electron chi connectivity index (χ1n) is 4.30. The Morgan fingerprint density at radius 1 is 1.40 bits per heavy atom. The molecule has 0 saturated carbocycles. The second kappa shape index (κ2) is 4.08. The Morgan fingerprint density at radius 3 is 2.47 bits per heavy atom. The standard InChI is InChI=1S/C9H14N2O3S/c1-6-4-7(10)9(14-3)8(5-6)15(12,13)11-2/h4-5,11H,10H2,1-3H3. The molecule has 0 radical (unpaired) electrons. The molecular formula is C9H14N2O3S. The summed E-state index contributed by atoms with van der Waals surface area (Å²) in [5.74, 6) is 0.176. The van der Waals surface area contributed by atoms with Crippen molar-refractivity contribution < 1.29 is 13.2 Å². The molecule has 1 aromatic rings. The minimum Gasteiger partial charge on any atom is -0.493 e. The molecule has 0 unspecified atom stereocenters. The van der Waals surface area contributed by atoms with Gasteiger partial charge in [0.05, 0.1) is 12.8 Å². The zero-order chi connectivity index (χ0) is 11.6. The normalized spacial score (nSPS) is 11.4. The third-order valence-corrected chi connectivity index (χ3v) is 3.41. The zero-order valence-electron chi connectivity index (χ0n) is 8.87. The number of nitrogen functional groups attached to an aromatic ring is 1. The van der Waals surface area contributed by atoms with Crippen molar-refractivity contribution in [2.45, 2.75) is 11.8 Å². The molecule has 0 fully saturated rings. The van der Waals surface area contributed by atoms with E-state index in [0.717, 1.165) is 5.56 Å². The number of ether oxygens (including phenoxy) is 1. The largest absolute Gasteiger partial charge is 0.493 e. The van der Waals surface area contributed by atoms with Crippen LogP contribution >= 0.6 is 0 Å². The summed E-state index contributed by atoms with van der Waals surface area (Å²) in [5.41, 5.74) is 6.74. The fraction of sp³-hybridized carbons (Fsp3) is 0.333. The lowest BCUT2D eigenvalue weighted by Crippen LogP contribution is -2.20. The summed E-state index contributed by atoms with van der Waals surface area (Å²) in [5, 5.41) is 0. The molecule has 0 atom stereocenters. The average molecular weight is 230 g/mol. The summed E-state index contributed by atoms with van der Waals surface area (Å²) in [6.45, 7) is 1.77. The average Bonchev–Trinajstić information content (AvgIpc) is 2.16. The summed E-state index contributed by atoms with van der Waals surface area (Å²) in [7, 11) is -0.816. The lowest BCUT2D eigenvalue weighted by atomic mass is 10.2. The monoisotopic (exact) mass is 230 g/mol. The number of rotatable bonds is 3. The van der Waals surface area contributed by atoms with Crippen LogP contribution in [-0.2, 0) is 10.0 Å². The van der Waals surface area contributed by atoms with E-state index in [1.165, 1.54) is 20.2 Å². The zero-order valence-corrected chi connectivity index (χ0v) is 9.68. The van der Waals surface area contributed by atoms with E-state index in [2.05, 4.69) is 4.72 Å². The van der Waals surface area contributed by atoms with Gasteiger partial charge >= 0.3 is 0 Å². The molecule has 84 valence electrons. The molecule has 0 aliphatic heterocycles. The number of anilines is 1. The maximum Gasteiger partial charge on any atom is 0.244 e. The molecule has 0 amide bonds. The molecule has 15 heavy (non-hydrogen) atoms. The van der Waals surface area contributed by atoms with E-state index in [4.69, 9.17) is 10.5 Å². The second-order valence-electron chi connectivity index (χ2n) is 3.09. The lowest BCUT2D eigenvalue weighted by Gasteiger charge is -2.12. The van der Waals surface area contributed by atoms with Crippen molar-refractivity contribution >= 4 is 15.7 Å². The van der Waals surface area contributed by atoms with Crippen LogP contribution in [0.5, 0.6) is 5.75 Å². The van der Waals surface area contributed by atoms with Crippen molar-refractivity contribution in [2.75, 3.05) is 19.9 Å². The maximum absolute atomic E-state index is 11.6. The number of hydrogen-bond acceptors (Lipinski definition) is 4. The fourth-order valence-corrected chi connectivity index (χ4v) is 2.30. The Hall–Kier alpha value is -1.27. The summed E-state index contributed by atoms with van der Waals surface area (Å²) in [6.07, 6.45) is 0. The lowest BCUT2D eigenvalue weighted by molar-refractivity contribution is 0.404. The van der Waals surface area contributed by atoms with Crippen LogP contribution in [0.2, 0.25) is 0 Å². The molecule has 3 N–H and O–H groups in total. The van der Waals surface area contributed by atoms with Crippen LogP contribution in [0, 0.1) is 6.92 Å². The van der Waals surface area contributed by atoms with Gasteiger partial charge in [0.25, 0.3) is 0 Å². The van der Waals surface area contributed by atoms with Gasteiger partial charge in [-0.3, -0.25) is 0 Å². The number of hydrogen-bond donors (Lipinski definition) is 2. The van der Waals surface area contributed by atoms with E-state index in [9.17, 15) is 8.42 Å². The van der Waals surface area contributed by atoms with Gasteiger partial charge in [-0.15, -0.1) is 0 Å². The van der Waals surface area contributed by atoms with Gasteiger partial charge in [0.1, 0.15) is 4.90 Å². The molecule has 0 aliphatic rings. The van der Waals surface area contributed by atoms with Crippen molar-refractivity contribution in [3.63, 3.8) is 0 Å². The minimum absolute atomic E-state index is 0.0602. The molecule has 0 heterocycles. The minimum atomic E-state index is -3.54. The number of benzene rings is 1. The first-order chi connectivity index (χ1) is 6.92. The Balaban J connectivity index is 3.53. The summed E-state index contributed by atoms with van der Waals surface area (Å²) >= 11 is 0. The first kappa shape index (κ1) is 11.8. The number of nitrogens with one attached hydrogen (secondary N) is 1. The molecule has 1 rings (SSSR count). The van der Waals surface area contributed by atoms with Crippen LogP contribution in [0.3, 0.4) is 0 Å². The number of aryl methyl sites for hydroxylation is 1. The summed E-state index contributed by atoms with van der Waals surface area (Å²) in [6, 6.07) is 3.18. The highest BCUT2D eigenvalue weighted by Crippen LogP contribution is 2.31. The third-order valence-electron chi connectivity index (χ3n) is 1.99. The second-order valence-corrected chi connectivity index (χ2v) is 4.95. The van der Waals surface area contributed by atoms with Gasteiger partial charge in [0, 0.05) is 0 Å². The van der Waals surface area contributed by atoms with Gasteiger partial charge in [-0.2, -0.15) is 0 Å². The maximum atomic E-state index is 11.6. The van der Waals surface area contributed by atoms with Gasteiger partial charge < -0.3 is 10.5 Å². The predicted octanol–water partition coefficient (Wildman–Crippen LogP) is 0.494. The molecule has 6 heteroatoms. The van der Waals surface area contributed by atoms with Crippen LogP contribution in [0.25, 0.3) is 0 Å². The Kier molecular flexibility index (Phi) is 3.21. The van der Waals surface area contributed by atoms with E-state index in [1.807, 2.05) is 0 Å². The number of nitrogens with two attached hydrogens (primary N) is 1.